The molecule has 0 aliphatic carbocycles. The van der Waals surface area contributed by atoms with Gasteiger partial charge in [-0.3, -0.25) is 14.8 Å². The van der Waals surface area contributed by atoms with Crippen molar-refractivity contribution >= 4 is 5.78 Å². The molecule has 0 saturated carbocycles. The van der Waals surface area contributed by atoms with Crippen LogP contribution in [0.4, 0.5) is 4.39 Å². The number of aromatic nitrogens is 2. The monoisotopic (exact) mass is 377 g/mol. The Hall–Kier alpha value is -2.79. The number of rotatable bonds is 5. The van der Waals surface area contributed by atoms with Gasteiger partial charge >= 0.3 is 0 Å². The van der Waals surface area contributed by atoms with Crippen LogP contribution in [0.3, 0.4) is 0 Å². The third kappa shape index (κ3) is 4.04. The Morgan fingerprint density at radius 3 is 2.75 bits per heavy atom. The predicted molar refractivity (Wildman–Crippen MR) is 107 cm³/mol. The summed E-state index contributed by atoms with van der Waals surface area (Å²) >= 11 is 0. The second kappa shape index (κ2) is 8.07. The molecular formula is C23H24FN3O. The van der Waals surface area contributed by atoms with Crippen molar-refractivity contribution < 1.29 is 9.18 Å². The second-order valence-corrected chi connectivity index (χ2v) is 7.54. The first-order chi connectivity index (χ1) is 13.6. The summed E-state index contributed by atoms with van der Waals surface area (Å²) < 4.78 is 14.7. The molecule has 1 fully saturated rings. The van der Waals surface area contributed by atoms with Crippen LogP contribution in [-0.4, -0.2) is 34.0 Å². The summed E-state index contributed by atoms with van der Waals surface area (Å²) in [6, 6.07) is 16.3. The summed E-state index contributed by atoms with van der Waals surface area (Å²) in [5.74, 6) is -0.422. The zero-order valence-corrected chi connectivity index (χ0v) is 16.0. The number of hydrogen-bond donors (Lipinski definition) is 1. The summed E-state index contributed by atoms with van der Waals surface area (Å²) in [6.45, 7) is 4.35. The third-order valence-electron chi connectivity index (χ3n) is 5.36. The van der Waals surface area contributed by atoms with Crippen molar-refractivity contribution in [2.75, 3.05) is 13.1 Å². The molecular weight excluding hydrogens is 353 g/mol. The highest BCUT2D eigenvalue weighted by Crippen LogP contribution is 2.27. The number of aryl methyl sites for hydroxylation is 1. The fourth-order valence-corrected chi connectivity index (χ4v) is 3.95. The topological polar surface area (TPSA) is 49.0 Å². The first kappa shape index (κ1) is 18.6. The molecule has 3 aromatic rings. The summed E-state index contributed by atoms with van der Waals surface area (Å²) in [6.07, 6.45) is 1.81. The maximum Gasteiger partial charge on any atom is 0.167 e. The van der Waals surface area contributed by atoms with E-state index in [1.54, 1.807) is 12.1 Å². The molecule has 28 heavy (non-hydrogen) atoms. The first-order valence-corrected chi connectivity index (χ1v) is 9.72. The summed E-state index contributed by atoms with van der Waals surface area (Å²) in [5, 5.41) is 7.24. The standard InChI is InChI=1S/C23H24FN3O/c1-16-12-20(26-25-16)15-27-11-5-8-19(14-27)23(28)18-9-10-21(22(24)13-18)17-6-3-2-4-7-17/h2-4,6-7,9-10,12-13,19H,5,8,11,14-15H2,1H3,(H,25,26). The van der Waals surface area contributed by atoms with Crippen molar-refractivity contribution in [2.24, 2.45) is 5.92 Å². The number of benzene rings is 2. The van der Waals surface area contributed by atoms with Crippen LogP contribution < -0.4 is 0 Å². The van der Waals surface area contributed by atoms with Gasteiger partial charge < -0.3 is 0 Å². The number of nitrogens with one attached hydrogen (secondary N) is 1. The molecule has 1 aliphatic heterocycles. The number of likely N-dealkylation sites (tertiary alicyclic amines) is 1. The molecule has 2 heterocycles. The number of ketones is 1. The molecule has 1 atom stereocenters. The molecule has 4 rings (SSSR count). The van der Waals surface area contributed by atoms with E-state index < -0.39 is 0 Å². The Morgan fingerprint density at radius 1 is 1.21 bits per heavy atom. The van der Waals surface area contributed by atoms with Gasteiger partial charge in [0.15, 0.2) is 5.78 Å². The second-order valence-electron chi connectivity index (χ2n) is 7.54. The minimum Gasteiger partial charge on any atom is -0.297 e. The van der Waals surface area contributed by atoms with Crippen molar-refractivity contribution in [1.29, 1.82) is 0 Å². The van der Waals surface area contributed by atoms with E-state index in [4.69, 9.17) is 0 Å². The van der Waals surface area contributed by atoms with Gasteiger partial charge in [0, 0.05) is 35.8 Å². The number of aromatic amines is 1. The van der Waals surface area contributed by atoms with Gasteiger partial charge in [-0.2, -0.15) is 5.10 Å². The van der Waals surface area contributed by atoms with Crippen LogP contribution in [0.2, 0.25) is 0 Å². The van der Waals surface area contributed by atoms with E-state index in [0.717, 1.165) is 42.9 Å². The maximum absolute atomic E-state index is 14.7. The lowest BCUT2D eigenvalue weighted by Gasteiger charge is -2.31. The molecule has 5 heteroatoms. The maximum atomic E-state index is 14.7. The summed E-state index contributed by atoms with van der Waals surface area (Å²) in [7, 11) is 0. The van der Waals surface area contributed by atoms with E-state index in [-0.39, 0.29) is 17.5 Å². The van der Waals surface area contributed by atoms with Crippen LogP contribution in [0.1, 0.15) is 34.6 Å². The Balaban J connectivity index is 1.47. The molecule has 1 saturated heterocycles. The minimum atomic E-state index is -0.350. The van der Waals surface area contributed by atoms with E-state index in [0.29, 0.717) is 17.7 Å². The predicted octanol–water partition coefficient (Wildman–Crippen LogP) is 4.62. The molecule has 144 valence electrons. The van der Waals surface area contributed by atoms with Crippen molar-refractivity contribution in [2.45, 2.75) is 26.3 Å². The number of piperidine rings is 1. The highest BCUT2D eigenvalue weighted by Gasteiger charge is 2.27. The zero-order chi connectivity index (χ0) is 19.5. The molecule has 0 amide bonds. The van der Waals surface area contributed by atoms with Crippen LogP contribution >= 0.6 is 0 Å². The fourth-order valence-electron chi connectivity index (χ4n) is 3.95. The molecule has 1 aliphatic rings. The number of hydrogen-bond acceptors (Lipinski definition) is 3. The SMILES string of the molecule is Cc1cc(CN2CCCC(C(=O)c3ccc(-c4ccccc4)c(F)c3)C2)n[nH]1. The number of carbonyl (C=O) groups is 1. The largest absolute Gasteiger partial charge is 0.297 e. The highest BCUT2D eigenvalue weighted by atomic mass is 19.1. The van der Waals surface area contributed by atoms with Crippen molar-refractivity contribution in [3.05, 3.63) is 77.4 Å². The van der Waals surface area contributed by atoms with Gasteiger partial charge in [0.2, 0.25) is 0 Å². The van der Waals surface area contributed by atoms with Gasteiger partial charge in [-0.25, -0.2) is 4.39 Å². The molecule has 0 bridgehead atoms. The molecule has 1 N–H and O–H groups in total. The van der Waals surface area contributed by atoms with Gasteiger partial charge in [0.25, 0.3) is 0 Å². The molecule has 0 spiro atoms. The average molecular weight is 377 g/mol. The lowest BCUT2D eigenvalue weighted by Crippen LogP contribution is -2.38. The van der Waals surface area contributed by atoms with E-state index in [1.165, 1.54) is 6.07 Å². The number of H-pyrrole nitrogens is 1. The zero-order valence-electron chi connectivity index (χ0n) is 16.0. The molecule has 2 aromatic carbocycles. The Bertz CT molecular complexity index is 967. The Morgan fingerprint density at radius 2 is 2.04 bits per heavy atom. The van der Waals surface area contributed by atoms with Gasteiger partial charge in [0.1, 0.15) is 5.82 Å². The van der Waals surface area contributed by atoms with Gasteiger partial charge in [-0.05, 0) is 44.0 Å². The fraction of sp³-hybridized carbons (Fsp3) is 0.304. The smallest absolute Gasteiger partial charge is 0.167 e. The van der Waals surface area contributed by atoms with Crippen molar-refractivity contribution in [3.8, 4) is 11.1 Å². The molecule has 1 unspecified atom stereocenters. The van der Waals surface area contributed by atoms with Crippen molar-refractivity contribution in [1.82, 2.24) is 15.1 Å². The number of nitrogens with zero attached hydrogens (tertiary/aromatic N) is 2. The number of carbonyl (C=O) groups excluding carboxylic acids is 1. The lowest BCUT2D eigenvalue weighted by atomic mass is 9.89. The third-order valence-corrected chi connectivity index (χ3v) is 5.36. The molecule has 0 radical (unpaired) electrons. The van der Waals surface area contributed by atoms with Crippen LogP contribution in [-0.2, 0) is 6.54 Å². The van der Waals surface area contributed by atoms with E-state index in [9.17, 15) is 9.18 Å². The summed E-state index contributed by atoms with van der Waals surface area (Å²) in [5.41, 5.74) is 3.82. The van der Waals surface area contributed by atoms with Crippen LogP contribution in [0, 0.1) is 18.7 Å². The van der Waals surface area contributed by atoms with E-state index in [2.05, 4.69) is 15.1 Å². The van der Waals surface area contributed by atoms with Gasteiger partial charge in [-0.1, -0.05) is 42.5 Å². The number of halogens is 1. The Labute approximate surface area is 164 Å². The number of Topliss-reactive ketones (excluding diaryl/α,β-unsaturated/α-hetero) is 1. The Kier molecular flexibility index (Phi) is 5.35. The molecule has 1 aromatic heterocycles. The van der Waals surface area contributed by atoms with Crippen LogP contribution in [0.15, 0.2) is 54.6 Å². The average Bonchev–Trinajstić information content (AvgIpc) is 3.12. The van der Waals surface area contributed by atoms with Crippen molar-refractivity contribution in [3.63, 3.8) is 0 Å². The highest BCUT2D eigenvalue weighted by molar-refractivity contribution is 5.98. The minimum absolute atomic E-state index is 0.0291. The van der Waals surface area contributed by atoms with E-state index >= 15 is 0 Å². The summed E-state index contributed by atoms with van der Waals surface area (Å²) in [4.78, 5) is 15.2. The van der Waals surface area contributed by atoms with Crippen LogP contribution in [0.25, 0.3) is 11.1 Å². The van der Waals surface area contributed by atoms with Crippen LogP contribution in [0.5, 0.6) is 0 Å². The van der Waals surface area contributed by atoms with Gasteiger partial charge in [0.05, 0.1) is 5.69 Å². The lowest BCUT2D eigenvalue weighted by molar-refractivity contribution is 0.0809. The molecule has 4 nitrogen and oxygen atoms in total. The van der Waals surface area contributed by atoms with E-state index in [1.807, 2.05) is 43.3 Å². The first-order valence-electron chi connectivity index (χ1n) is 9.72. The quantitative estimate of drug-likeness (QED) is 0.660. The normalized spacial score (nSPS) is 17.6. The van der Waals surface area contributed by atoms with Gasteiger partial charge in [-0.15, -0.1) is 0 Å².